The van der Waals surface area contributed by atoms with E-state index in [1.807, 2.05) is 24.3 Å². The number of hydrogen-bond donors (Lipinski definition) is 2. The van der Waals surface area contributed by atoms with Crippen molar-refractivity contribution >= 4 is 17.5 Å². The van der Waals surface area contributed by atoms with Gasteiger partial charge in [-0.1, -0.05) is 18.2 Å². The molecule has 0 radical (unpaired) electrons. The molecule has 6 nitrogen and oxygen atoms in total. The molecular formula is C10H8N6. The zero-order valence-electron chi connectivity index (χ0n) is 8.25. The molecule has 0 fully saturated rings. The quantitative estimate of drug-likeness (QED) is 0.746. The second-order valence-corrected chi connectivity index (χ2v) is 2.97. The van der Waals surface area contributed by atoms with Crippen molar-refractivity contribution in [3.8, 4) is 6.07 Å². The number of nitrogens with one attached hydrogen (secondary N) is 1. The molecule has 0 spiro atoms. The molecule has 0 saturated carbocycles. The van der Waals surface area contributed by atoms with Crippen LogP contribution in [0.5, 0.6) is 0 Å². The van der Waals surface area contributed by atoms with Crippen molar-refractivity contribution in [3.63, 3.8) is 0 Å². The zero-order valence-corrected chi connectivity index (χ0v) is 8.25. The first kappa shape index (κ1) is 9.86. The molecule has 0 unspecified atom stereocenters. The van der Waals surface area contributed by atoms with Crippen LogP contribution in [0.3, 0.4) is 0 Å². The van der Waals surface area contributed by atoms with Crippen LogP contribution in [0.1, 0.15) is 5.69 Å². The number of hydrogen-bond acceptors (Lipinski definition) is 5. The fraction of sp³-hybridized carbons (Fsp3) is 0. The number of benzene rings is 1. The highest BCUT2D eigenvalue weighted by atomic mass is 15.2. The SMILES string of the molecule is N#Cc1[nH]c(N=Nc2ccccc2)nc1N. The maximum atomic E-state index is 8.64. The first-order valence-corrected chi connectivity index (χ1v) is 4.52. The zero-order chi connectivity index (χ0) is 11.4. The lowest BCUT2D eigenvalue weighted by Crippen LogP contribution is -1.86. The third-order valence-electron chi connectivity index (χ3n) is 1.85. The molecule has 1 aromatic carbocycles. The number of anilines is 1. The molecule has 2 rings (SSSR count). The monoisotopic (exact) mass is 212 g/mol. The van der Waals surface area contributed by atoms with Crippen molar-refractivity contribution in [3.05, 3.63) is 36.0 Å². The molecule has 0 atom stereocenters. The second-order valence-electron chi connectivity index (χ2n) is 2.97. The Bertz CT molecular complexity index is 548. The Balaban J connectivity index is 2.22. The number of imidazole rings is 1. The van der Waals surface area contributed by atoms with Crippen LogP contribution in [0, 0.1) is 11.3 Å². The number of nitrogen functional groups attached to an aromatic ring is 1. The third kappa shape index (κ3) is 2.04. The molecule has 0 saturated heterocycles. The maximum absolute atomic E-state index is 8.64. The molecule has 0 aliphatic heterocycles. The fourth-order valence-electron chi connectivity index (χ4n) is 1.11. The Kier molecular flexibility index (Phi) is 2.61. The second kappa shape index (κ2) is 4.23. The number of azo groups is 1. The van der Waals surface area contributed by atoms with Gasteiger partial charge in [0.25, 0.3) is 0 Å². The van der Waals surface area contributed by atoms with E-state index in [1.165, 1.54) is 0 Å². The third-order valence-corrected chi connectivity index (χ3v) is 1.85. The van der Waals surface area contributed by atoms with Crippen molar-refractivity contribution < 1.29 is 0 Å². The molecule has 78 valence electrons. The Labute approximate surface area is 91.5 Å². The van der Waals surface area contributed by atoms with Crippen molar-refractivity contribution in [1.29, 1.82) is 5.26 Å². The van der Waals surface area contributed by atoms with Gasteiger partial charge >= 0.3 is 0 Å². The van der Waals surface area contributed by atoms with Gasteiger partial charge in [0.05, 0.1) is 5.69 Å². The minimum absolute atomic E-state index is 0.129. The van der Waals surface area contributed by atoms with Crippen LogP contribution in [-0.2, 0) is 0 Å². The molecule has 2 aromatic rings. The Hall–Kier alpha value is -2.68. The van der Waals surface area contributed by atoms with Crippen LogP contribution >= 0.6 is 0 Å². The van der Waals surface area contributed by atoms with Crippen LogP contribution < -0.4 is 5.73 Å². The molecule has 1 heterocycles. The van der Waals surface area contributed by atoms with Crippen molar-refractivity contribution in [2.45, 2.75) is 0 Å². The van der Waals surface area contributed by atoms with Gasteiger partial charge in [0, 0.05) is 0 Å². The number of aromatic amines is 1. The average molecular weight is 212 g/mol. The van der Waals surface area contributed by atoms with E-state index >= 15 is 0 Å². The summed E-state index contributed by atoms with van der Waals surface area (Å²) in [5.41, 5.74) is 6.36. The van der Waals surface area contributed by atoms with Crippen molar-refractivity contribution in [2.24, 2.45) is 10.2 Å². The van der Waals surface area contributed by atoms with E-state index in [0.29, 0.717) is 5.69 Å². The van der Waals surface area contributed by atoms with Gasteiger partial charge < -0.3 is 10.7 Å². The lowest BCUT2D eigenvalue weighted by Gasteiger charge is -1.87. The fourth-order valence-corrected chi connectivity index (χ4v) is 1.11. The Morgan fingerprint density at radius 2 is 2.00 bits per heavy atom. The standard InChI is InChI=1S/C10H8N6/c11-6-8-9(12)14-10(13-8)16-15-7-4-2-1-3-5-7/h1-5H,12H2,(H,13,14). The molecule has 16 heavy (non-hydrogen) atoms. The highest BCUT2D eigenvalue weighted by Gasteiger charge is 2.04. The lowest BCUT2D eigenvalue weighted by atomic mass is 10.3. The smallest absolute Gasteiger partial charge is 0.249 e. The highest BCUT2D eigenvalue weighted by molar-refractivity contribution is 5.48. The number of nitrogens with zero attached hydrogens (tertiary/aromatic N) is 4. The van der Waals surface area contributed by atoms with E-state index in [1.54, 1.807) is 12.1 Å². The van der Waals surface area contributed by atoms with Crippen molar-refractivity contribution in [1.82, 2.24) is 9.97 Å². The first-order chi connectivity index (χ1) is 7.79. The summed E-state index contributed by atoms with van der Waals surface area (Å²) in [6.45, 7) is 0. The molecule has 0 amide bonds. The molecule has 0 bridgehead atoms. The van der Waals surface area contributed by atoms with Gasteiger partial charge in [-0.25, -0.2) is 0 Å². The van der Waals surface area contributed by atoms with Gasteiger partial charge in [0.2, 0.25) is 5.95 Å². The number of aromatic nitrogens is 2. The van der Waals surface area contributed by atoms with Crippen LogP contribution in [0.25, 0.3) is 0 Å². The number of rotatable bonds is 2. The maximum Gasteiger partial charge on any atom is 0.249 e. The van der Waals surface area contributed by atoms with Gasteiger partial charge in [0.1, 0.15) is 6.07 Å². The minimum atomic E-state index is 0.129. The van der Waals surface area contributed by atoms with Gasteiger partial charge in [-0.3, -0.25) is 0 Å². The molecule has 6 heteroatoms. The van der Waals surface area contributed by atoms with Gasteiger partial charge in [-0.2, -0.15) is 10.2 Å². The van der Waals surface area contributed by atoms with Crippen LogP contribution in [-0.4, -0.2) is 9.97 Å². The van der Waals surface area contributed by atoms with E-state index in [2.05, 4.69) is 20.2 Å². The number of nitrogens with two attached hydrogens (primary N) is 1. The normalized spacial score (nSPS) is 10.4. The molecule has 0 aliphatic rings. The minimum Gasteiger partial charge on any atom is -0.381 e. The highest BCUT2D eigenvalue weighted by Crippen LogP contribution is 2.17. The molecular weight excluding hydrogens is 204 g/mol. The largest absolute Gasteiger partial charge is 0.381 e. The predicted octanol–water partition coefficient (Wildman–Crippen LogP) is 2.28. The van der Waals surface area contributed by atoms with E-state index in [-0.39, 0.29) is 17.5 Å². The van der Waals surface area contributed by atoms with Gasteiger partial charge in [-0.15, -0.1) is 10.2 Å². The van der Waals surface area contributed by atoms with Crippen LogP contribution in [0.4, 0.5) is 17.5 Å². The van der Waals surface area contributed by atoms with E-state index in [9.17, 15) is 0 Å². The number of nitriles is 1. The topological polar surface area (TPSA) is 103 Å². The summed E-state index contributed by atoms with van der Waals surface area (Å²) in [7, 11) is 0. The van der Waals surface area contributed by atoms with Gasteiger partial charge in [0.15, 0.2) is 11.5 Å². The molecule has 3 N–H and O–H groups in total. The summed E-state index contributed by atoms with van der Waals surface area (Å²) in [6.07, 6.45) is 0. The molecule has 0 aliphatic carbocycles. The summed E-state index contributed by atoms with van der Waals surface area (Å²) in [6, 6.07) is 11.1. The van der Waals surface area contributed by atoms with E-state index < -0.39 is 0 Å². The predicted molar refractivity (Wildman–Crippen MR) is 58.3 cm³/mol. The summed E-state index contributed by atoms with van der Waals surface area (Å²) < 4.78 is 0. The number of H-pyrrole nitrogens is 1. The summed E-state index contributed by atoms with van der Waals surface area (Å²) in [4.78, 5) is 6.48. The van der Waals surface area contributed by atoms with E-state index in [4.69, 9.17) is 11.0 Å². The summed E-state index contributed by atoms with van der Waals surface area (Å²) >= 11 is 0. The Morgan fingerprint density at radius 1 is 1.25 bits per heavy atom. The average Bonchev–Trinajstić information content (AvgIpc) is 2.69. The van der Waals surface area contributed by atoms with Crippen LogP contribution in [0.15, 0.2) is 40.6 Å². The molecule has 1 aromatic heterocycles. The lowest BCUT2D eigenvalue weighted by molar-refractivity contribution is 1.12. The van der Waals surface area contributed by atoms with E-state index in [0.717, 1.165) is 0 Å². The van der Waals surface area contributed by atoms with Gasteiger partial charge in [-0.05, 0) is 12.1 Å². The summed E-state index contributed by atoms with van der Waals surface area (Å²) in [5, 5.41) is 16.4. The van der Waals surface area contributed by atoms with Crippen LogP contribution in [0.2, 0.25) is 0 Å². The summed E-state index contributed by atoms with van der Waals surface area (Å²) in [5.74, 6) is 0.349. The van der Waals surface area contributed by atoms with Crippen molar-refractivity contribution in [2.75, 3.05) is 5.73 Å². The Morgan fingerprint density at radius 3 is 2.62 bits per heavy atom. The first-order valence-electron chi connectivity index (χ1n) is 4.52.